The maximum Gasteiger partial charge on any atom is 0.274 e. The minimum Gasteiger partial charge on any atom is -0.481 e. The van der Waals surface area contributed by atoms with E-state index < -0.39 is 5.91 Å². The van der Waals surface area contributed by atoms with Gasteiger partial charge in [0, 0.05) is 41.0 Å². The zero-order valence-corrected chi connectivity index (χ0v) is 15.9. The number of nitrogens with one attached hydrogen (secondary N) is 2. The van der Waals surface area contributed by atoms with Crippen molar-refractivity contribution < 1.29 is 9.53 Å². The Morgan fingerprint density at radius 3 is 2.72 bits per heavy atom. The number of ether oxygens (including phenoxy) is 1. The Bertz CT molecular complexity index is 1150. The molecule has 0 unspecified atom stereocenters. The maximum absolute atomic E-state index is 12.6. The van der Waals surface area contributed by atoms with E-state index in [-0.39, 0.29) is 11.4 Å². The van der Waals surface area contributed by atoms with E-state index in [0.717, 1.165) is 0 Å². The van der Waals surface area contributed by atoms with E-state index >= 15 is 0 Å². The molecule has 8 nitrogen and oxygen atoms in total. The Balaban J connectivity index is 1.88. The average Bonchev–Trinajstić information content (AvgIpc) is 2.74. The van der Waals surface area contributed by atoms with Crippen LogP contribution in [0.3, 0.4) is 0 Å². The van der Waals surface area contributed by atoms with Crippen molar-refractivity contribution >= 4 is 23.0 Å². The second-order valence-corrected chi connectivity index (χ2v) is 6.22. The van der Waals surface area contributed by atoms with E-state index in [4.69, 9.17) is 21.1 Å². The number of aryl methyl sites for hydroxylation is 1. The van der Waals surface area contributed by atoms with Gasteiger partial charge in [0.15, 0.2) is 0 Å². The number of carbonyl (C=O) groups excluding carboxylic acids is 1. The topological polar surface area (TPSA) is 138 Å². The van der Waals surface area contributed by atoms with Gasteiger partial charge in [-0.1, -0.05) is 0 Å². The molecule has 2 heterocycles. The van der Waals surface area contributed by atoms with Crippen molar-refractivity contribution in [1.29, 1.82) is 10.7 Å². The van der Waals surface area contributed by atoms with Gasteiger partial charge < -0.3 is 15.8 Å². The normalized spacial score (nSPS) is 10.1. The Kier molecular flexibility index (Phi) is 5.51. The standard InChI is InChI=1S/C21H18N6O2/c1-12-7-13(10-22)11-26-20(12)21(28)27-15-3-4-17(23)16(9-15)19(24)14-5-6-25-18(8-14)29-2/h3-9,11,24H,23H2,1-2H3,(H,27,28). The molecule has 1 amide bonds. The van der Waals surface area contributed by atoms with Crippen molar-refractivity contribution in [3.63, 3.8) is 0 Å². The molecular weight excluding hydrogens is 368 g/mol. The summed E-state index contributed by atoms with van der Waals surface area (Å²) in [7, 11) is 1.50. The van der Waals surface area contributed by atoms with Crippen molar-refractivity contribution in [3.8, 4) is 11.9 Å². The molecule has 1 aromatic carbocycles. The second kappa shape index (κ2) is 8.19. The van der Waals surface area contributed by atoms with Crippen LogP contribution >= 0.6 is 0 Å². The SMILES string of the molecule is COc1cc(C(=N)c2cc(NC(=O)c3ncc(C#N)cc3C)ccc2N)ccn1. The molecule has 0 atom stereocenters. The third kappa shape index (κ3) is 4.20. The van der Waals surface area contributed by atoms with E-state index in [9.17, 15) is 4.79 Å². The number of amides is 1. The highest BCUT2D eigenvalue weighted by Gasteiger charge is 2.15. The van der Waals surface area contributed by atoms with Crippen molar-refractivity contribution in [2.45, 2.75) is 6.92 Å². The molecule has 3 rings (SSSR count). The summed E-state index contributed by atoms with van der Waals surface area (Å²) < 4.78 is 5.10. The van der Waals surface area contributed by atoms with Crippen LogP contribution in [0.15, 0.2) is 48.8 Å². The molecule has 0 aliphatic rings. The average molecular weight is 386 g/mol. The molecule has 0 aliphatic heterocycles. The number of anilines is 2. The smallest absolute Gasteiger partial charge is 0.274 e. The molecule has 0 saturated heterocycles. The number of nitriles is 1. The van der Waals surface area contributed by atoms with Crippen LogP contribution in [0.2, 0.25) is 0 Å². The first kappa shape index (κ1) is 19.5. The van der Waals surface area contributed by atoms with Crippen LogP contribution in [0.1, 0.15) is 32.7 Å². The predicted molar refractivity (Wildman–Crippen MR) is 109 cm³/mol. The van der Waals surface area contributed by atoms with Crippen LogP contribution < -0.4 is 15.8 Å². The van der Waals surface area contributed by atoms with Gasteiger partial charge in [0.1, 0.15) is 11.8 Å². The molecule has 0 fully saturated rings. The van der Waals surface area contributed by atoms with Crippen LogP contribution in [-0.2, 0) is 0 Å². The molecule has 0 aliphatic carbocycles. The molecule has 0 saturated carbocycles. The number of nitrogens with two attached hydrogens (primary N) is 1. The second-order valence-electron chi connectivity index (χ2n) is 6.22. The molecule has 0 radical (unpaired) electrons. The molecule has 0 bridgehead atoms. The van der Waals surface area contributed by atoms with E-state index in [1.54, 1.807) is 49.5 Å². The summed E-state index contributed by atoms with van der Waals surface area (Å²) in [6.07, 6.45) is 2.90. The van der Waals surface area contributed by atoms with Crippen LogP contribution in [-0.4, -0.2) is 28.7 Å². The number of methoxy groups -OCH3 is 1. The molecule has 2 aromatic heterocycles. The first-order chi connectivity index (χ1) is 13.9. The van der Waals surface area contributed by atoms with Gasteiger partial charge in [-0.05, 0) is 42.8 Å². The lowest BCUT2D eigenvalue weighted by Crippen LogP contribution is -2.16. The Morgan fingerprint density at radius 1 is 1.24 bits per heavy atom. The number of nitrogen functional groups attached to an aromatic ring is 1. The summed E-state index contributed by atoms with van der Waals surface area (Å²) in [6, 6.07) is 11.8. The molecule has 0 spiro atoms. The minimum atomic E-state index is -0.417. The third-order valence-corrected chi connectivity index (χ3v) is 4.24. The highest BCUT2D eigenvalue weighted by atomic mass is 16.5. The number of rotatable bonds is 5. The van der Waals surface area contributed by atoms with Crippen molar-refractivity contribution in [2.75, 3.05) is 18.2 Å². The van der Waals surface area contributed by atoms with Gasteiger partial charge in [-0.15, -0.1) is 0 Å². The van der Waals surface area contributed by atoms with E-state index in [2.05, 4.69) is 15.3 Å². The first-order valence-corrected chi connectivity index (χ1v) is 8.60. The van der Waals surface area contributed by atoms with Crippen LogP contribution in [0.25, 0.3) is 0 Å². The maximum atomic E-state index is 12.6. The van der Waals surface area contributed by atoms with E-state index in [1.165, 1.54) is 13.3 Å². The zero-order chi connectivity index (χ0) is 21.0. The summed E-state index contributed by atoms with van der Waals surface area (Å²) in [5.74, 6) is -0.0301. The van der Waals surface area contributed by atoms with Gasteiger partial charge in [0.25, 0.3) is 5.91 Å². The zero-order valence-electron chi connectivity index (χ0n) is 15.9. The minimum absolute atomic E-state index is 0.173. The van der Waals surface area contributed by atoms with Gasteiger partial charge in [-0.2, -0.15) is 5.26 Å². The van der Waals surface area contributed by atoms with Gasteiger partial charge in [0.05, 0.1) is 18.4 Å². The third-order valence-electron chi connectivity index (χ3n) is 4.24. The molecule has 29 heavy (non-hydrogen) atoms. The highest BCUT2D eigenvalue weighted by Crippen LogP contribution is 2.23. The van der Waals surface area contributed by atoms with Crippen molar-refractivity contribution in [2.24, 2.45) is 0 Å². The Labute approximate surface area is 167 Å². The summed E-state index contributed by atoms with van der Waals surface area (Å²) >= 11 is 0. The van der Waals surface area contributed by atoms with Gasteiger partial charge in [-0.3, -0.25) is 10.2 Å². The number of benzene rings is 1. The predicted octanol–water partition coefficient (Wildman–Crippen LogP) is 2.92. The lowest BCUT2D eigenvalue weighted by atomic mass is 10.0. The lowest BCUT2D eigenvalue weighted by molar-refractivity contribution is 0.102. The monoisotopic (exact) mass is 386 g/mol. The molecule has 144 valence electrons. The van der Waals surface area contributed by atoms with Gasteiger partial charge in [0.2, 0.25) is 5.88 Å². The van der Waals surface area contributed by atoms with E-state index in [1.807, 2.05) is 6.07 Å². The van der Waals surface area contributed by atoms with E-state index in [0.29, 0.717) is 39.5 Å². The highest BCUT2D eigenvalue weighted by molar-refractivity contribution is 6.15. The first-order valence-electron chi connectivity index (χ1n) is 8.60. The number of nitrogens with zero attached hydrogens (tertiary/aromatic N) is 3. The van der Waals surface area contributed by atoms with Crippen molar-refractivity contribution in [3.05, 3.63) is 76.7 Å². The fourth-order valence-corrected chi connectivity index (χ4v) is 2.75. The molecule has 4 N–H and O–H groups in total. The number of carbonyl (C=O) groups is 1. The number of hydrogen-bond donors (Lipinski definition) is 3. The number of aromatic nitrogens is 2. The Hall–Kier alpha value is -4.25. The largest absolute Gasteiger partial charge is 0.481 e. The lowest BCUT2D eigenvalue weighted by Gasteiger charge is -2.12. The fraction of sp³-hybridized carbons (Fsp3) is 0.0952. The summed E-state index contributed by atoms with van der Waals surface area (Å²) in [4.78, 5) is 20.7. The van der Waals surface area contributed by atoms with Crippen LogP contribution in [0.4, 0.5) is 11.4 Å². The van der Waals surface area contributed by atoms with Crippen molar-refractivity contribution in [1.82, 2.24) is 9.97 Å². The van der Waals surface area contributed by atoms with Gasteiger partial charge >= 0.3 is 0 Å². The van der Waals surface area contributed by atoms with Crippen LogP contribution in [0, 0.1) is 23.7 Å². The van der Waals surface area contributed by atoms with Gasteiger partial charge in [-0.25, -0.2) is 9.97 Å². The summed E-state index contributed by atoms with van der Waals surface area (Å²) in [6.45, 7) is 1.71. The fourth-order valence-electron chi connectivity index (χ4n) is 2.75. The molecule has 3 aromatic rings. The quantitative estimate of drug-likeness (QED) is 0.455. The van der Waals surface area contributed by atoms with Crippen LogP contribution in [0.5, 0.6) is 5.88 Å². The Morgan fingerprint density at radius 2 is 2.03 bits per heavy atom. The summed E-state index contributed by atoms with van der Waals surface area (Å²) in [5, 5.41) is 20.2. The number of pyridine rings is 2. The summed E-state index contributed by atoms with van der Waals surface area (Å²) in [5.41, 5.74) is 9.33. The number of hydrogen-bond acceptors (Lipinski definition) is 7. The molecule has 8 heteroatoms. The molecular formula is C21H18N6O2.